The van der Waals surface area contributed by atoms with E-state index in [1.54, 1.807) is 6.26 Å². The third-order valence-electron chi connectivity index (χ3n) is 2.06. The molecule has 1 unspecified atom stereocenters. The van der Waals surface area contributed by atoms with Gasteiger partial charge in [0.1, 0.15) is 5.76 Å². The molecule has 0 aliphatic carbocycles. The van der Waals surface area contributed by atoms with Crippen LogP contribution in [0.15, 0.2) is 47.1 Å². The molecule has 0 aliphatic heterocycles. The third kappa shape index (κ3) is 1.99. The van der Waals surface area contributed by atoms with Crippen molar-refractivity contribution < 1.29 is 4.42 Å². The summed E-state index contributed by atoms with van der Waals surface area (Å²) < 4.78 is 6.44. The van der Waals surface area contributed by atoms with Crippen LogP contribution in [-0.2, 0) is 0 Å². The first-order valence-corrected chi connectivity index (χ1v) is 5.39. The second kappa shape index (κ2) is 4.14. The highest BCUT2D eigenvalue weighted by Crippen LogP contribution is 2.21. The first-order valence-electron chi connectivity index (χ1n) is 4.32. The Hall–Kier alpha value is -0.810. The fourth-order valence-corrected chi connectivity index (χ4v) is 1.90. The van der Waals surface area contributed by atoms with Crippen LogP contribution < -0.4 is 5.73 Å². The van der Waals surface area contributed by atoms with Gasteiger partial charge in [0.2, 0.25) is 0 Å². The first kappa shape index (κ1) is 9.73. The van der Waals surface area contributed by atoms with Gasteiger partial charge in [-0.05, 0) is 52.4 Å². The summed E-state index contributed by atoms with van der Waals surface area (Å²) in [4.78, 5) is 0. The molecule has 1 heterocycles. The van der Waals surface area contributed by atoms with Crippen LogP contribution in [0.4, 0.5) is 0 Å². The maximum Gasteiger partial charge on any atom is 0.124 e. The van der Waals surface area contributed by atoms with Crippen molar-refractivity contribution in [3.63, 3.8) is 0 Å². The molecule has 0 saturated carbocycles. The Morgan fingerprint density at radius 3 is 2.71 bits per heavy atom. The summed E-state index contributed by atoms with van der Waals surface area (Å²) in [6.45, 7) is 0. The van der Waals surface area contributed by atoms with Gasteiger partial charge in [0, 0.05) is 3.57 Å². The van der Waals surface area contributed by atoms with E-state index in [-0.39, 0.29) is 6.04 Å². The molecule has 1 aromatic carbocycles. The van der Waals surface area contributed by atoms with Gasteiger partial charge < -0.3 is 10.2 Å². The second-order valence-corrected chi connectivity index (χ2v) is 4.29. The first-order chi connectivity index (χ1) is 6.77. The van der Waals surface area contributed by atoms with Gasteiger partial charge in [-0.1, -0.05) is 12.1 Å². The van der Waals surface area contributed by atoms with Crippen LogP contribution in [-0.4, -0.2) is 0 Å². The highest BCUT2D eigenvalue weighted by molar-refractivity contribution is 14.1. The molecule has 2 N–H and O–H groups in total. The lowest BCUT2D eigenvalue weighted by atomic mass is 10.1. The molecule has 0 radical (unpaired) electrons. The van der Waals surface area contributed by atoms with E-state index in [0.717, 1.165) is 11.3 Å². The fourth-order valence-electron chi connectivity index (χ4n) is 1.33. The Labute approximate surface area is 96.2 Å². The van der Waals surface area contributed by atoms with Crippen molar-refractivity contribution >= 4 is 22.6 Å². The molecular formula is C11H10INO. The Balaban J connectivity index is 2.32. The Bertz CT molecular complexity index is 411. The zero-order valence-corrected chi connectivity index (χ0v) is 9.64. The minimum absolute atomic E-state index is 0.167. The summed E-state index contributed by atoms with van der Waals surface area (Å²) in [5.74, 6) is 0.798. The molecule has 0 saturated heterocycles. The maximum atomic E-state index is 6.03. The number of benzene rings is 1. The van der Waals surface area contributed by atoms with Crippen molar-refractivity contribution in [2.75, 3.05) is 0 Å². The van der Waals surface area contributed by atoms with Gasteiger partial charge in [-0.15, -0.1) is 0 Å². The van der Waals surface area contributed by atoms with E-state index < -0.39 is 0 Å². The Kier molecular flexibility index (Phi) is 2.88. The van der Waals surface area contributed by atoms with Crippen LogP contribution in [0.5, 0.6) is 0 Å². The molecule has 2 nitrogen and oxygen atoms in total. The van der Waals surface area contributed by atoms with Gasteiger partial charge in [0.05, 0.1) is 12.3 Å². The highest BCUT2D eigenvalue weighted by Gasteiger charge is 2.10. The Morgan fingerprint density at radius 1 is 1.21 bits per heavy atom. The predicted octanol–water partition coefficient (Wildman–Crippen LogP) is 2.93. The number of nitrogens with two attached hydrogens (primary N) is 1. The number of hydrogen-bond acceptors (Lipinski definition) is 2. The molecule has 0 bridgehead atoms. The number of furan rings is 1. The molecule has 0 spiro atoms. The average Bonchev–Trinajstić information content (AvgIpc) is 2.69. The molecule has 2 rings (SSSR count). The number of rotatable bonds is 2. The lowest BCUT2D eigenvalue weighted by Gasteiger charge is -2.08. The molecule has 0 aliphatic rings. The van der Waals surface area contributed by atoms with Gasteiger partial charge in [-0.2, -0.15) is 0 Å². The summed E-state index contributed by atoms with van der Waals surface area (Å²) in [6, 6.07) is 11.7. The summed E-state index contributed by atoms with van der Waals surface area (Å²) >= 11 is 2.27. The van der Waals surface area contributed by atoms with E-state index in [4.69, 9.17) is 10.2 Å². The SMILES string of the molecule is NC(c1cccc(I)c1)c1ccco1. The Morgan fingerprint density at radius 2 is 2.07 bits per heavy atom. The highest BCUT2D eigenvalue weighted by atomic mass is 127. The van der Waals surface area contributed by atoms with Crippen molar-refractivity contribution in [2.24, 2.45) is 5.73 Å². The molecule has 1 aromatic heterocycles. The average molecular weight is 299 g/mol. The second-order valence-electron chi connectivity index (χ2n) is 3.05. The maximum absolute atomic E-state index is 6.03. The molecule has 0 fully saturated rings. The smallest absolute Gasteiger partial charge is 0.124 e. The van der Waals surface area contributed by atoms with Crippen molar-refractivity contribution in [1.29, 1.82) is 0 Å². The van der Waals surface area contributed by atoms with E-state index in [1.807, 2.05) is 30.3 Å². The topological polar surface area (TPSA) is 39.2 Å². The molecule has 1 atom stereocenters. The van der Waals surface area contributed by atoms with E-state index in [0.29, 0.717) is 0 Å². The monoisotopic (exact) mass is 299 g/mol. The summed E-state index contributed by atoms with van der Waals surface area (Å²) in [5, 5.41) is 0. The van der Waals surface area contributed by atoms with E-state index in [9.17, 15) is 0 Å². The number of halogens is 1. The predicted molar refractivity (Wildman–Crippen MR) is 63.9 cm³/mol. The standard InChI is InChI=1S/C11H10INO/c12-9-4-1-3-8(7-9)11(13)10-5-2-6-14-10/h1-7,11H,13H2. The van der Waals surface area contributed by atoms with Gasteiger partial charge in [-0.3, -0.25) is 0 Å². The molecule has 0 amide bonds. The van der Waals surface area contributed by atoms with Crippen molar-refractivity contribution in [1.82, 2.24) is 0 Å². The fraction of sp³-hybridized carbons (Fsp3) is 0.0909. The third-order valence-corrected chi connectivity index (χ3v) is 2.73. The lowest BCUT2D eigenvalue weighted by Crippen LogP contribution is -2.10. The quantitative estimate of drug-likeness (QED) is 0.866. The summed E-state index contributed by atoms with van der Waals surface area (Å²) in [6.07, 6.45) is 1.64. The van der Waals surface area contributed by atoms with E-state index >= 15 is 0 Å². The summed E-state index contributed by atoms with van der Waals surface area (Å²) in [5.41, 5.74) is 7.11. The van der Waals surface area contributed by atoms with Gasteiger partial charge in [0.15, 0.2) is 0 Å². The molecule has 2 aromatic rings. The lowest BCUT2D eigenvalue weighted by molar-refractivity contribution is 0.490. The zero-order chi connectivity index (χ0) is 9.97. The largest absolute Gasteiger partial charge is 0.467 e. The summed E-state index contributed by atoms with van der Waals surface area (Å²) in [7, 11) is 0. The minimum atomic E-state index is -0.167. The normalized spacial score (nSPS) is 12.7. The minimum Gasteiger partial charge on any atom is -0.467 e. The van der Waals surface area contributed by atoms with Crippen molar-refractivity contribution in [3.8, 4) is 0 Å². The van der Waals surface area contributed by atoms with Crippen LogP contribution in [0.1, 0.15) is 17.4 Å². The van der Waals surface area contributed by atoms with E-state index in [2.05, 4.69) is 28.7 Å². The van der Waals surface area contributed by atoms with Crippen molar-refractivity contribution in [2.45, 2.75) is 6.04 Å². The van der Waals surface area contributed by atoms with Gasteiger partial charge in [0.25, 0.3) is 0 Å². The van der Waals surface area contributed by atoms with Crippen LogP contribution >= 0.6 is 22.6 Å². The van der Waals surface area contributed by atoms with Gasteiger partial charge in [-0.25, -0.2) is 0 Å². The van der Waals surface area contributed by atoms with Crippen LogP contribution in [0.2, 0.25) is 0 Å². The van der Waals surface area contributed by atoms with Crippen LogP contribution in [0.25, 0.3) is 0 Å². The number of hydrogen-bond donors (Lipinski definition) is 1. The molecule has 14 heavy (non-hydrogen) atoms. The van der Waals surface area contributed by atoms with E-state index in [1.165, 1.54) is 3.57 Å². The molecular weight excluding hydrogens is 289 g/mol. The van der Waals surface area contributed by atoms with Crippen LogP contribution in [0.3, 0.4) is 0 Å². The zero-order valence-electron chi connectivity index (χ0n) is 7.48. The van der Waals surface area contributed by atoms with Crippen molar-refractivity contribution in [3.05, 3.63) is 57.6 Å². The van der Waals surface area contributed by atoms with Gasteiger partial charge >= 0.3 is 0 Å². The molecule has 3 heteroatoms. The molecule has 72 valence electrons. The van der Waals surface area contributed by atoms with Crippen LogP contribution in [0, 0.1) is 3.57 Å².